The number of nitrogens with zero attached hydrogens (tertiary/aromatic N) is 1. The summed E-state index contributed by atoms with van der Waals surface area (Å²) in [7, 11) is 5.24. The molecule has 0 unspecified atom stereocenters. The molecule has 0 saturated heterocycles. The molecule has 0 atom stereocenters. The van der Waals surface area contributed by atoms with E-state index in [4.69, 9.17) is 9.47 Å². The van der Waals surface area contributed by atoms with Crippen molar-refractivity contribution in [3.8, 4) is 0 Å². The van der Waals surface area contributed by atoms with Gasteiger partial charge in [-0.15, -0.1) is 0 Å². The van der Waals surface area contributed by atoms with E-state index in [1.165, 1.54) is 0 Å². The minimum absolute atomic E-state index is 0. The van der Waals surface area contributed by atoms with Crippen molar-refractivity contribution < 1.29 is 9.47 Å². The summed E-state index contributed by atoms with van der Waals surface area (Å²) in [6, 6.07) is 0. The minimum Gasteiger partial charge on any atom is -0.369 e. The van der Waals surface area contributed by atoms with Crippen LogP contribution in [-0.2, 0) is 9.47 Å². The van der Waals surface area contributed by atoms with Gasteiger partial charge in [0.25, 0.3) is 0 Å². The largest absolute Gasteiger partial charge is 0.369 e. The van der Waals surface area contributed by atoms with Gasteiger partial charge in [-0.3, -0.25) is 4.90 Å². The van der Waals surface area contributed by atoms with Crippen LogP contribution < -0.4 is 0 Å². The number of methoxy groups -OCH3 is 2. The van der Waals surface area contributed by atoms with E-state index >= 15 is 0 Å². The molecule has 0 bridgehead atoms. The summed E-state index contributed by atoms with van der Waals surface area (Å²) in [6.07, 6.45) is 0. The zero-order valence-electron chi connectivity index (χ0n) is 5.68. The molecule has 0 spiro atoms. The van der Waals surface area contributed by atoms with Gasteiger partial charge in [0.05, 0.1) is 0 Å². The topological polar surface area (TPSA) is 21.7 Å². The molecule has 0 aromatic rings. The fourth-order valence-electron chi connectivity index (χ4n) is 0.478. The van der Waals surface area contributed by atoms with Crippen molar-refractivity contribution in [3.05, 3.63) is 0 Å². The molecular formula is C9H29NO2. The normalized spacial score (nSPS) is 7.00. The van der Waals surface area contributed by atoms with E-state index in [1.54, 1.807) is 14.2 Å². The van der Waals surface area contributed by atoms with Crippen molar-refractivity contribution in [1.29, 1.82) is 0 Å². The molecule has 0 amide bonds. The van der Waals surface area contributed by atoms with Gasteiger partial charge in [-0.05, 0) is 7.05 Å². The highest BCUT2D eigenvalue weighted by molar-refractivity contribution is 4.28. The van der Waals surface area contributed by atoms with E-state index in [-0.39, 0.29) is 29.7 Å². The van der Waals surface area contributed by atoms with Gasteiger partial charge in [0.2, 0.25) is 0 Å². The number of hydrogen-bond donors (Lipinski definition) is 0. The molecule has 12 heavy (non-hydrogen) atoms. The lowest BCUT2D eigenvalue weighted by Crippen LogP contribution is -2.22. The molecule has 0 aliphatic heterocycles. The minimum atomic E-state index is 0. The second kappa shape index (κ2) is 22.4. The van der Waals surface area contributed by atoms with Crippen LogP contribution in [0.4, 0.5) is 0 Å². The van der Waals surface area contributed by atoms with E-state index in [1.807, 2.05) is 11.9 Å². The Hall–Kier alpha value is -0.120. The summed E-state index contributed by atoms with van der Waals surface area (Å²) in [6.45, 7) is 1.24. The van der Waals surface area contributed by atoms with Gasteiger partial charge in [0, 0.05) is 14.2 Å². The Morgan fingerprint density at radius 1 is 0.833 bits per heavy atom. The SMILES string of the molecule is C.C.C.C.COCN(C)COC. The van der Waals surface area contributed by atoms with Crippen LogP contribution >= 0.6 is 0 Å². The van der Waals surface area contributed by atoms with Gasteiger partial charge < -0.3 is 9.47 Å². The molecule has 0 rings (SSSR count). The lowest BCUT2D eigenvalue weighted by molar-refractivity contribution is 0.00374. The Bertz CT molecular complexity index is 45.8. The summed E-state index contributed by atoms with van der Waals surface area (Å²) >= 11 is 0. The molecule has 0 fully saturated rings. The van der Waals surface area contributed by atoms with Crippen LogP contribution in [0.3, 0.4) is 0 Å². The Kier molecular flexibility index (Phi) is 55.5. The van der Waals surface area contributed by atoms with Crippen LogP contribution in [0.5, 0.6) is 0 Å². The maximum atomic E-state index is 4.80. The summed E-state index contributed by atoms with van der Waals surface area (Å²) in [5.74, 6) is 0. The predicted molar refractivity (Wildman–Crippen MR) is 58.4 cm³/mol. The Morgan fingerprint density at radius 3 is 1.25 bits per heavy atom. The van der Waals surface area contributed by atoms with Crippen molar-refractivity contribution in [1.82, 2.24) is 4.90 Å². The van der Waals surface area contributed by atoms with E-state index in [0.29, 0.717) is 13.5 Å². The fraction of sp³-hybridized carbons (Fsp3) is 1.00. The lowest BCUT2D eigenvalue weighted by Gasteiger charge is -2.12. The van der Waals surface area contributed by atoms with Crippen LogP contribution in [0.15, 0.2) is 0 Å². The molecule has 0 aliphatic carbocycles. The first-order valence-corrected chi connectivity index (χ1v) is 2.47. The molecule has 3 nitrogen and oxygen atoms in total. The smallest absolute Gasteiger partial charge is 0.100 e. The highest BCUT2D eigenvalue weighted by Gasteiger charge is 1.90. The van der Waals surface area contributed by atoms with E-state index in [2.05, 4.69) is 0 Å². The van der Waals surface area contributed by atoms with E-state index in [0.717, 1.165) is 0 Å². The van der Waals surface area contributed by atoms with Gasteiger partial charge in [0.1, 0.15) is 13.5 Å². The van der Waals surface area contributed by atoms with Gasteiger partial charge >= 0.3 is 0 Å². The number of rotatable bonds is 4. The monoisotopic (exact) mass is 183 g/mol. The highest BCUT2D eigenvalue weighted by atomic mass is 16.5. The predicted octanol–water partition coefficient (Wildman–Crippen LogP) is 2.67. The molecule has 0 aromatic heterocycles. The summed E-state index contributed by atoms with van der Waals surface area (Å²) in [4.78, 5) is 1.92. The van der Waals surface area contributed by atoms with Gasteiger partial charge in [-0.2, -0.15) is 0 Å². The quantitative estimate of drug-likeness (QED) is 0.625. The van der Waals surface area contributed by atoms with Crippen molar-refractivity contribution in [2.24, 2.45) is 0 Å². The lowest BCUT2D eigenvalue weighted by atomic mass is 10.9. The van der Waals surface area contributed by atoms with Crippen molar-refractivity contribution in [3.63, 3.8) is 0 Å². The van der Waals surface area contributed by atoms with Crippen molar-refractivity contribution >= 4 is 0 Å². The van der Waals surface area contributed by atoms with Gasteiger partial charge in [-0.25, -0.2) is 0 Å². The maximum Gasteiger partial charge on any atom is 0.100 e. The molecule has 0 heterocycles. The average molecular weight is 183 g/mol. The van der Waals surface area contributed by atoms with Gasteiger partial charge in [-0.1, -0.05) is 29.7 Å². The molecule has 0 aliphatic rings. The van der Waals surface area contributed by atoms with Crippen LogP contribution in [0.2, 0.25) is 0 Å². The standard InChI is InChI=1S/C5H13NO2.4CH4/c1-6(4-7-2)5-8-3;;;;/h4-5H2,1-3H3;4*1H4. The van der Waals surface area contributed by atoms with Crippen molar-refractivity contribution in [2.45, 2.75) is 29.7 Å². The highest BCUT2D eigenvalue weighted by Crippen LogP contribution is 1.79. The zero-order chi connectivity index (χ0) is 6.41. The van der Waals surface area contributed by atoms with E-state index in [9.17, 15) is 0 Å². The second-order valence-corrected chi connectivity index (χ2v) is 1.69. The van der Waals surface area contributed by atoms with Crippen LogP contribution in [0.25, 0.3) is 0 Å². The van der Waals surface area contributed by atoms with E-state index < -0.39 is 0 Å². The first-order valence-electron chi connectivity index (χ1n) is 2.47. The second-order valence-electron chi connectivity index (χ2n) is 1.69. The molecule has 0 aromatic carbocycles. The summed E-state index contributed by atoms with van der Waals surface area (Å²) in [5, 5.41) is 0. The molecule has 0 saturated carbocycles. The van der Waals surface area contributed by atoms with Crippen LogP contribution in [-0.4, -0.2) is 39.6 Å². The van der Waals surface area contributed by atoms with Crippen molar-refractivity contribution in [2.75, 3.05) is 34.7 Å². The number of ether oxygens (including phenoxy) is 2. The molecule has 0 N–H and O–H groups in total. The third-order valence-electron chi connectivity index (χ3n) is 0.699. The van der Waals surface area contributed by atoms with Crippen LogP contribution in [0.1, 0.15) is 29.7 Å². The first kappa shape index (κ1) is 29.7. The molecule has 3 heteroatoms. The Labute approximate surface area is 79.7 Å². The Morgan fingerprint density at radius 2 is 1.08 bits per heavy atom. The van der Waals surface area contributed by atoms with Gasteiger partial charge in [0.15, 0.2) is 0 Å². The third-order valence-corrected chi connectivity index (χ3v) is 0.699. The zero-order valence-corrected chi connectivity index (χ0v) is 5.68. The summed E-state index contributed by atoms with van der Waals surface area (Å²) in [5.41, 5.74) is 0. The van der Waals surface area contributed by atoms with Crippen LogP contribution in [0, 0.1) is 0 Å². The third kappa shape index (κ3) is 22.5. The fourth-order valence-corrected chi connectivity index (χ4v) is 0.478. The molecule has 0 radical (unpaired) electrons. The first-order chi connectivity index (χ1) is 3.81. The molecular weight excluding hydrogens is 154 g/mol. The Balaban J connectivity index is -0.0000000408. The summed E-state index contributed by atoms with van der Waals surface area (Å²) < 4.78 is 9.60. The maximum absolute atomic E-state index is 4.80. The average Bonchev–Trinajstić information content (AvgIpc) is 1.68. The molecule has 82 valence electrons. The number of hydrogen-bond acceptors (Lipinski definition) is 3.